The van der Waals surface area contributed by atoms with Gasteiger partial charge in [0, 0.05) is 17.8 Å². The highest BCUT2D eigenvalue weighted by Crippen LogP contribution is 2.25. The van der Waals surface area contributed by atoms with E-state index in [0.717, 1.165) is 0 Å². The zero-order chi connectivity index (χ0) is 16.4. The third-order valence-electron chi connectivity index (χ3n) is 3.15. The molecule has 0 atom stereocenters. The van der Waals surface area contributed by atoms with Crippen LogP contribution in [0.15, 0.2) is 59.0 Å². The Hall–Kier alpha value is -3.33. The number of aromatic nitrogens is 5. The van der Waals surface area contributed by atoms with Crippen LogP contribution in [0.4, 0.5) is 5.13 Å². The van der Waals surface area contributed by atoms with Gasteiger partial charge in [0.1, 0.15) is 12.0 Å². The van der Waals surface area contributed by atoms with E-state index < -0.39 is 0 Å². The van der Waals surface area contributed by atoms with Gasteiger partial charge >= 0.3 is 0 Å². The second-order valence-electron chi connectivity index (χ2n) is 4.72. The van der Waals surface area contributed by atoms with Crippen molar-refractivity contribution in [2.45, 2.75) is 0 Å². The molecule has 0 aliphatic rings. The molecule has 1 amide bonds. The lowest BCUT2D eigenvalue weighted by Gasteiger charge is -2.02. The molecule has 8 nitrogen and oxygen atoms in total. The van der Waals surface area contributed by atoms with Crippen LogP contribution in [0, 0.1) is 0 Å². The number of thiazole rings is 1. The molecule has 0 unspecified atom stereocenters. The fourth-order valence-corrected chi connectivity index (χ4v) is 2.70. The van der Waals surface area contributed by atoms with E-state index in [4.69, 9.17) is 4.42 Å². The predicted octanol–water partition coefficient (Wildman–Crippen LogP) is 2.63. The Labute approximate surface area is 139 Å². The van der Waals surface area contributed by atoms with Gasteiger partial charge in [0.15, 0.2) is 22.4 Å². The standard InChI is InChI=1S/C15H10N6O2S/c22-14(10-3-4-13(20-19-10)21-6-5-16-9-21)18-15-17-11(8-24-15)12-2-1-7-23-12/h1-9H,(H,17,18,22). The molecule has 4 aromatic heterocycles. The number of carbonyl (C=O) groups is 1. The van der Waals surface area contributed by atoms with Gasteiger partial charge in [-0.25, -0.2) is 9.97 Å². The zero-order valence-electron chi connectivity index (χ0n) is 12.2. The van der Waals surface area contributed by atoms with Gasteiger partial charge in [-0.1, -0.05) is 0 Å². The van der Waals surface area contributed by atoms with Crippen LogP contribution in [-0.2, 0) is 0 Å². The Morgan fingerprint density at radius 3 is 2.92 bits per heavy atom. The highest BCUT2D eigenvalue weighted by molar-refractivity contribution is 7.14. The van der Waals surface area contributed by atoms with Crippen LogP contribution in [0.2, 0.25) is 0 Å². The van der Waals surface area contributed by atoms with Gasteiger partial charge in [-0.05, 0) is 24.3 Å². The third kappa shape index (κ3) is 2.79. The first kappa shape index (κ1) is 14.3. The Kier molecular flexibility index (Phi) is 3.60. The topological polar surface area (TPSA) is 98.7 Å². The van der Waals surface area contributed by atoms with Crippen molar-refractivity contribution in [2.75, 3.05) is 5.32 Å². The molecule has 9 heteroatoms. The average Bonchev–Trinajstić information content (AvgIpc) is 3.36. The van der Waals surface area contributed by atoms with Gasteiger partial charge in [0.25, 0.3) is 5.91 Å². The normalized spacial score (nSPS) is 10.7. The fourth-order valence-electron chi connectivity index (χ4n) is 2.01. The van der Waals surface area contributed by atoms with Crippen molar-refractivity contribution in [3.05, 3.63) is 60.3 Å². The van der Waals surface area contributed by atoms with Gasteiger partial charge in [-0.3, -0.25) is 14.7 Å². The van der Waals surface area contributed by atoms with Gasteiger partial charge in [0.05, 0.1) is 6.26 Å². The van der Waals surface area contributed by atoms with Gasteiger partial charge in [-0.2, -0.15) is 0 Å². The summed E-state index contributed by atoms with van der Waals surface area (Å²) >= 11 is 1.31. The largest absolute Gasteiger partial charge is 0.463 e. The van der Waals surface area contributed by atoms with E-state index >= 15 is 0 Å². The third-order valence-corrected chi connectivity index (χ3v) is 3.91. The molecule has 4 rings (SSSR count). The summed E-state index contributed by atoms with van der Waals surface area (Å²) in [5.74, 6) is 0.856. The smallest absolute Gasteiger partial charge is 0.277 e. The van der Waals surface area contributed by atoms with E-state index in [2.05, 4.69) is 25.5 Å². The maximum Gasteiger partial charge on any atom is 0.277 e. The number of nitrogens with zero attached hydrogens (tertiary/aromatic N) is 5. The van der Waals surface area contributed by atoms with Crippen molar-refractivity contribution in [3.8, 4) is 17.3 Å². The van der Waals surface area contributed by atoms with Crippen LogP contribution in [-0.4, -0.2) is 30.6 Å². The zero-order valence-corrected chi connectivity index (χ0v) is 13.0. The predicted molar refractivity (Wildman–Crippen MR) is 86.9 cm³/mol. The maximum atomic E-state index is 12.2. The summed E-state index contributed by atoms with van der Waals surface area (Å²) < 4.78 is 6.97. The van der Waals surface area contributed by atoms with Crippen molar-refractivity contribution in [1.29, 1.82) is 0 Å². The van der Waals surface area contributed by atoms with Crippen LogP contribution < -0.4 is 5.32 Å². The molecule has 0 aromatic carbocycles. The van der Waals surface area contributed by atoms with Crippen molar-refractivity contribution in [2.24, 2.45) is 0 Å². The van der Waals surface area contributed by atoms with Crippen LogP contribution >= 0.6 is 11.3 Å². The summed E-state index contributed by atoms with van der Waals surface area (Å²) in [5.41, 5.74) is 0.871. The lowest BCUT2D eigenvalue weighted by atomic mass is 10.3. The molecule has 0 radical (unpaired) electrons. The Bertz CT molecular complexity index is 944. The highest BCUT2D eigenvalue weighted by atomic mass is 32.1. The van der Waals surface area contributed by atoms with Crippen LogP contribution in [0.1, 0.15) is 10.5 Å². The molecular formula is C15H10N6O2S. The number of amides is 1. The van der Waals surface area contributed by atoms with Crippen molar-refractivity contribution in [3.63, 3.8) is 0 Å². The van der Waals surface area contributed by atoms with E-state index in [1.165, 1.54) is 11.3 Å². The Morgan fingerprint density at radius 2 is 2.21 bits per heavy atom. The van der Waals surface area contributed by atoms with Crippen molar-refractivity contribution < 1.29 is 9.21 Å². The van der Waals surface area contributed by atoms with E-state index in [0.29, 0.717) is 22.4 Å². The maximum absolute atomic E-state index is 12.2. The molecule has 0 saturated carbocycles. The quantitative estimate of drug-likeness (QED) is 0.614. The first-order chi connectivity index (χ1) is 11.8. The van der Waals surface area contributed by atoms with E-state index in [9.17, 15) is 4.79 Å². The van der Waals surface area contributed by atoms with Gasteiger partial charge < -0.3 is 4.42 Å². The summed E-state index contributed by atoms with van der Waals surface area (Å²) in [6, 6.07) is 6.88. The highest BCUT2D eigenvalue weighted by Gasteiger charge is 2.13. The molecule has 24 heavy (non-hydrogen) atoms. The monoisotopic (exact) mass is 338 g/mol. The fraction of sp³-hybridized carbons (Fsp3) is 0. The van der Waals surface area contributed by atoms with Crippen LogP contribution in [0.5, 0.6) is 0 Å². The number of imidazole rings is 1. The summed E-state index contributed by atoms with van der Waals surface area (Å²) in [6.07, 6.45) is 6.57. The Balaban J connectivity index is 1.48. The van der Waals surface area contributed by atoms with E-state index in [1.807, 2.05) is 5.38 Å². The number of anilines is 1. The minimum atomic E-state index is -0.375. The molecule has 0 spiro atoms. The van der Waals surface area contributed by atoms with E-state index in [-0.39, 0.29) is 11.6 Å². The number of nitrogens with one attached hydrogen (secondary N) is 1. The molecule has 0 fully saturated rings. The second-order valence-corrected chi connectivity index (χ2v) is 5.57. The van der Waals surface area contributed by atoms with Gasteiger partial charge in [0.2, 0.25) is 0 Å². The lowest BCUT2D eigenvalue weighted by molar-refractivity contribution is 0.102. The molecule has 1 N–H and O–H groups in total. The molecule has 0 aliphatic carbocycles. The van der Waals surface area contributed by atoms with Crippen LogP contribution in [0.3, 0.4) is 0 Å². The molecule has 4 aromatic rings. The van der Waals surface area contributed by atoms with Gasteiger partial charge in [-0.15, -0.1) is 21.5 Å². The molecule has 0 aliphatic heterocycles. The number of carbonyl (C=O) groups excluding carboxylic acids is 1. The summed E-state index contributed by atoms with van der Waals surface area (Å²) in [4.78, 5) is 20.5. The average molecular weight is 338 g/mol. The minimum Gasteiger partial charge on any atom is -0.463 e. The second kappa shape index (κ2) is 6.05. The summed E-state index contributed by atoms with van der Waals surface area (Å²) in [5, 5.41) is 12.9. The molecular weight excluding hydrogens is 328 g/mol. The number of furan rings is 1. The lowest BCUT2D eigenvalue weighted by Crippen LogP contribution is -2.14. The first-order valence-electron chi connectivity index (χ1n) is 6.92. The van der Waals surface area contributed by atoms with Crippen LogP contribution in [0.25, 0.3) is 17.3 Å². The molecule has 0 saturated heterocycles. The Morgan fingerprint density at radius 1 is 1.25 bits per heavy atom. The van der Waals surface area contributed by atoms with Crippen molar-refractivity contribution >= 4 is 22.4 Å². The number of rotatable bonds is 4. The first-order valence-corrected chi connectivity index (χ1v) is 7.80. The number of hydrogen-bond acceptors (Lipinski definition) is 7. The number of hydrogen-bond donors (Lipinski definition) is 1. The minimum absolute atomic E-state index is 0.202. The van der Waals surface area contributed by atoms with E-state index in [1.54, 1.807) is 53.8 Å². The molecule has 118 valence electrons. The molecule has 4 heterocycles. The molecule has 0 bridgehead atoms. The SMILES string of the molecule is O=C(Nc1nc(-c2ccco2)cs1)c1ccc(-n2ccnc2)nn1. The summed E-state index contributed by atoms with van der Waals surface area (Å²) in [7, 11) is 0. The van der Waals surface area contributed by atoms with Crippen molar-refractivity contribution in [1.82, 2.24) is 24.7 Å². The summed E-state index contributed by atoms with van der Waals surface area (Å²) in [6.45, 7) is 0.